The molecule has 100 valence electrons. The summed E-state index contributed by atoms with van der Waals surface area (Å²) in [6.45, 7) is -0.983. The highest BCUT2D eigenvalue weighted by molar-refractivity contribution is 5.78. The molecule has 0 aromatic heterocycles. The van der Waals surface area contributed by atoms with Crippen molar-refractivity contribution in [3.63, 3.8) is 0 Å². The number of alkyl halides is 3. The second kappa shape index (κ2) is 5.86. The maximum Gasteiger partial charge on any atom is 0.406 e. The van der Waals surface area contributed by atoms with Crippen molar-refractivity contribution in [3.8, 4) is 0 Å². The second-order valence-corrected chi connectivity index (χ2v) is 4.01. The number of likely N-dealkylation sites (N-methyl/N-ethyl adjacent to an activating group) is 1. The Kier molecular flexibility index (Phi) is 4.72. The van der Waals surface area contributed by atoms with Crippen molar-refractivity contribution >= 4 is 5.91 Å². The molecule has 0 aliphatic heterocycles. The quantitative estimate of drug-likeness (QED) is 0.895. The zero-order valence-corrected chi connectivity index (χ0v) is 10.00. The van der Waals surface area contributed by atoms with Gasteiger partial charge in [0, 0.05) is 13.6 Å². The van der Waals surface area contributed by atoms with Gasteiger partial charge in [-0.15, -0.1) is 0 Å². The van der Waals surface area contributed by atoms with Gasteiger partial charge in [-0.05, 0) is 11.1 Å². The van der Waals surface area contributed by atoms with Crippen LogP contribution < -0.4 is 5.73 Å². The summed E-state index contributed by atoms with van der Waals surface area (Å²) < 4.78 is 36.4. The lowest BCUT2D eigenvalue weighted by Gasteiger charge is -2.19. The zero-order chi connectivity index (χ0) is 13.8. The molecule has 1 rings (SSSR count). The smallest absolute Gasteiger partial charge is 0.336 e. The van der Waals surface area contributed by atoms with Gasteiger partial charge in [-0.1, -0.05) is 24.3 Å². The van der Waals surface area contributed by atoms with Crippen LogP contribution in [0.5, 0.6) is 0 Å². The molecule has 0 heterocycles. The first-order valence-corrected chi connectivity index (χ1v) is 5.41. The van der Waals surface area contributed by atoms with Crippen LogP contribution in [0.2, 0.25) is 0 Å². The lowest BCUT2D eigenvalue weighted by Crippen LogP contribution is -2.36. The second-order valence-electron chi connectivity index (χ2n) is 4.01. The zero-order valence-electron chi connectivity index (χ0n) is 10.00. The molecule has 0 unspecified atom stereocenters. The van der Waals surface area contributed by atoms with Gasteiger partial charge in [-0.3, -0.25) is 4.79 Å². The monoisotopic (exact) mass is 260 g/mol. The van der Waals surface area contributed by atoms with Gasteiger partial charge >= 0.3 is 6.18 Å². The van der Waals surface area contributed by atoms with Crippen molar-refractivity contribution in [2.45, 2.75) is 19.1 Å². The van der Waals surface area contributed by atoms with E-state index in [0.29, 0.717) is 10.5 Å². The third-order valence-electron chi connectivity index (χ3n) is 2.52. The molecule has 1 aromatic rings. The molecule has 2 N–H and O–H groups in total. The number of rotatable bonds is 4. The van der Waals surface area contributed by atoms with Gasteiger partial charge in [-0.2, -0.15) is 13.2 Å². The molecule has 18 heavy (non-hydrogen) atoms. The fourth-order valence-electron chi connectivity index (χ4n) is 1.58. The fraction of sp³-hybridized carbons (Fsp3) is 0.417. The molecule has 6 heteroatoms. The van der Waals surface area contributed by atoms with Gasteiger partial charge in [0.2, 0.25) is 5.91 Å². The van der Waals surface area contributed by atoms with E-state index in [9.17, 15) is 18.0 Å². The van der Waals surface area contributed by atoms with E-state index in [4.69, 9.17) is 5.73 Å². The van der Waals surface area contributed by atoms with Crippen molar-refractivity contribution < 1.29 is 18.0 Å². The molecule has 0 aliphatic carbocycles. The number of hydrogen-bond acceptors (Lipinski definition) is 2. The minimum absolute atomic E-state index is 0.0695. The molecular weight excluding hydrogens is 245 g/mol. The minimum Gasteiger partial charge on any atom is -0.336 e. The Morgan fingerprint density at radius 3 is 2.33 bits per heavy atom. The highest BCUT2D eigenvalue weighted by Crippen LogP contribution is 2.17. The van der Waals surface area contributed by atoms with E-state index >= 15 is 0 Å². The minimum atomic E-state index is -4.38. The lowest BCUT2D eigenvalue weighted by molar-refractivity contribution is -0.157. The Hall–Kier alpha value is -1.56. The first-order valence-electron chi connectivity index (χ1n) is 5.41. The topological polar surface area (TPSA) is 46.3 Å². The Bertz CT molecular complexity index is 418. The van der Waals surface area contributed by atoms with E-state index in [1.807, 2.05) is 0 Å². The summed E-state index contributed by atoms with van der Waals surface area (Å²) in [5.41, 5.74) is 6.93. The van der Waals surface area contributed by atoms with Crippen LogP contribution in [0.1, 0.15) is 11.1 Å². The number of carbonyl (C=O) groups is 1. The summed E-state index contributed by atoms with van der Waals surface area (Å²) in [5.74, 6) is -0.576. The molecule has 1 aromatic carbocycles. The number of hydrogen-bond donors (Lipinski definition) is 1. The van der Waals surface area contributed by atoms with Crippen LogP contribution in [0.15, 0.2) is 24.3 Å². The Balaban J connectivity index is 2.70. The standard InChI is InChI=1S/C12H15F3N2O/c1-17(8-12(13,14)15)11(18)6-9-4-2-3-5-10(9)7-16/h2-5H,6-8,16H2,1H3. The van der Waals surface area contributed by atoms with Crippen LogP contribution >= 0.6 is 0 Å². The number of nitrogens with zero attached hydrogens (tertiary/aromatic N) is 1. The maximum absolute atomic E-state index is 12.1. The molecule has 0 fully saturated rings. The predicted octanol–water partition coefficient (Wildman–Crippen LogP) is 1.71. The first-order chi connectivity index (χ1) is 8.33. The molecule has 0 spiro atoms. The van der Waals surface area contributed by atoms with Crippen LogP contribution in [0, 0.1) is 0 Å². The predicted molar refractivity (Wildman–Crippen MR) is 61.7 cm³/mol. The summed E-state index contributed by atoms with van der Waals surface area (Å²) >= 11 is 0. The Morgan fingerprint density at radius 1 is 1.28 bits per heavy atom. The van der Waals surface area contributed by atoms with Crippen LogP contribution in [0.3, 0.4) is 0 Å². The van der Waals surface area contributed by atoms with E-state index < -0.39 is 18.6 Å². The molecule has 1 amide bonds. The molecular formula is C12H15F3N2O. The normalized spacial score (nSPS) is 11.4. The van der Waals surface area contributed by atoms with Crippen LogP contribution in [-0.2, 0) is 17.8 Å². The van der Waals surface area contributed by atoms with Gasteiger partial charge in [0.1, 0.15) is 6.54 Å². The molecule has 0 atom stereocenters. The van der Waals surface area contributed by atoms with Gasteiger partial charge < -0.3 is 10.6 Å². The Morgan fingerprint density at radius 2 is 1.83 bits per heavy atom. The van der Waals surface area contributed by atoms with E-state index in [2.05, 4.69) is 0 Å². The third kappa shape index (κ3) is 4.37. The molecule has 0 radical (unpaired) electrons. The first kappa shape index (κ1) is 14.5. The summed E-state index contributed by atoms with van der Waals surface area (Å²) in [5, 5.41) is 0. The van der Waals surface area contributed by atoms with Crippen molar-refractivity contribution in [1.82, 2.24) is 4.90 Å². The van der Waals surface area contributed by atoms with Crippen molar-refractivity contribution in [1.29, 1.82) is 0 Å². The van der Waals surface area contributed by atoms with E-state index in [0.717, 1.165) is 12.6 Å². The molecule has 0 bridgehead atoms. The number of halogens is 3. The number of nitrogens with two attached hydrogens (primary N) is 1. The SMILES string of the molecule is CN(CC(F)(F)F)C(=O)Cc1ccccc1CN. The number of amides is 1. The summed E-state index contributed by atoms with van der Waals surface area (Å²) in [6.07, 6.45) is -4.45. The van der Waals surface area contributed by atoms with Gasteiger partial charge in [-0.25, -0.2) is 0 Å². The third-order valence-corrected chi connectivity index (χ3v) is 2.52. The number of carbonyl (C=O) groups excluding carboxylic acids is 1. The number of benzene rings is 1. The van der Waals surface area contributed by atoms with Crippen LogP contribution in [0.25, 0.3) is 0 Å². The summed E-state index contributed by atoms with van der Waals surface area (Å²) in [6, 6.07) is 6.95. The maximum atomic E-state index is 12.1. The average molecular weight is 260 g/mol. The van der Waals surface area contributed by atoms with E-state index in [-0.39, 0.29) is 13.0 Å². The largest absolute Gasteiger partial charge is 0.406 e. The molecule has 0 aliphatic rings. The van der Waals surface area contributed by atoms with Gasteiger partial charge in [0.15, 0.2) is 0 Å². The summed E-state index contributed by atoms with van der Waals surface area (Å²) in [7, 11) is 1.14. The fourth-order valence-corrected chi connectivity index (χ4v) is 1.58. The van der Waals surface area contributed by atoms with Gasteiger partial charge in [0.05, 0.1) is 6.42 Å². The highest BCUT2D eigenvalue weighted by atomic mass is 19.4. The van der Waals surface area contributed by atoms with E-state index in [1.165, 1.54) is 0 Å². The van der Waals surface area contributed by atoms with Gasteiger partial charge in [0.25, 0.3) is 0 Å². The molecule has 3 nitrogen and oxygen atoms in total. The molecule has 0 saturated heterocycles. The summed E-state index contributed by atoms with van der Waals surface area (Å²) in [4.78, 5) is 12.3. The lowest BCUT2D eigenvalue weighted by atomic mass is 10.0. The van der Waals surface area contributed by atoms with Crippen molar-refractivity contribution in [3.05, 3.63) is 35.4 Å². The Labute approximate surface area is 103 Å². The van der Waals surface area contributed by atoms with Crippen LogP contribution in [-0.4, -0.2) is 30.6 Å². The van der Waals surface area contributed by atoms with E-state index in [1.54, 1.807) is 24.3 Å². The van der Waals surface area contributed by atoms with Crippen molar-refractivity contribution in [2.24, 2.45) is 5.73 Å². The average Bonchev–Trinajstić information content (AvgIpc) is 2.27. The van der Waals surface area contributed by atoms with Crippen LogP contribution in [0.4, 0.5) is 13.2 Å². The van der Waals surface area contributed by atoms with Crippen molar-refractivity contribution in [2.75, 3.05) is 13.6 Å². The molecule has 0 saturated carbocycles. The highest BCUT2D eigenvalue weighted by Gasteiger charge is 2.31.